The zero-order valence-electron chi connectivity index (χ0n) is 2.66. The number of hydrogen-bond donors (Lipinski definition) is 0. The van der Waals surface area contributed by atoms with E-state index in [4.69, 9.17) is 0 Å². The Labute approximate surface area is 78.9 Å². The fourth-order valence-corrected chi connectivity index (χ4v) is 0. The summed E-state index contributed by atoms with van der Waals surface area (Å²) in [6.07, 6.45) is 0. The molecule has 0 aromatic heterocycles. The van der Waals surface area contributed by atoms with E-state index in [1.807, 2.05) is 0 Å². The largest absolute Gasteiger partial charge is 2.00 e. The molecule has 0 bridgehead atoms. The fraction of sp³-hybridized carbons (Fsp3) is 0. The molecule has 0 fully saturated rings. The van der Waals surface area contributed by atoms with Gasteiger partial charge in [0.05, 0.1) is 0 Å². The van der Waals surface area contributed by atoms with Gasteiger partial charge in [-0.3, -0.25) is 0 Å². The van der Waals surface area contributed by atoms with E-state index < -0.39 is 0 Å². The van der Waals surface area contributed by atoms with E-state index >= 15 is 0 Å². The molecule has 0 saturated heterocycles. The van der Waals surface area contributed by atoms with Gasteiger partial charge in [-0.25, -0.2) is 0 Å². The van der Waals surface area contributed by atoms with E-state index in [1.165, 1.54) is 0 Å². The molecule has 0 aliphatic heterocycles. The molecule has 19 valence electrons. The van der Waals surface area contributed by atoms with Gasteiger partial charge in [-0.2, -0.15) is 0 Å². The van der Waals surface area contributed by atoms with Gasteiger partial charge in [0.25, 0.3) is 0 Å². The third-order valence-corrected chi connectivity index (χ3v) is 0. The molecule has 3 heteroatoms. The summed E-state index contributed by atoms with van der Waals surface area (Å²) in [4.78, 5) is 0. The topological polar surface area (TPSA) is 0 Å². The van der Waals surface area contributed by atoms with Crippen LogP contribution in [0.5, 0.6) is 0 Å². The first-order valence-electron chi connectivity index (χ1n) is 0. The second-order valence-electron chi connectivity index (χ2n) is 0. The van der Waals surface area contributed by atoms with Crippen molar-refractivity contribution < 1.29 is 49.7 Å². The van der Waals surface area contributed by atoms with Crippen LogP contribution < -0.4 is 17.0 Å². The summed E-state index contributed by atoms with van der Waals surface area (Å²) in [5, 5.41) is 0. The maximum atomic E-state index is 0. The standard InChI is InChI=1S/CH3.BrH.Mg.Y/h1H3;1H;;/q-1;;+2;/p-1. The van der Waals surface area contributed by atoms with Crippen LogP contribution in [0.15, 0.2) is 0 Å². The van der Waals surface area contributed by atoms with Crippen molar-refractivity contribution in [2.45, 2.75) is 0 Å². The van der Waals surface area contributed by atoms with Crippen molar-refractivity contribution in [3.8, 4) is 0 Å². The zero-order chi connectivity index (χ0) is 0. The van der Waals surface area contributed by atoms with Gasteiger partial charge in [0, 0.05) is 32.7 Å². The van der Waals surface area contributed by atoms with E-state index in [-0.39, 0.29) is 80.2 Å². The van der Waals surface area contributed by atoms with Crippen LogP contribution in [0, 0.1) is 7.43 Å². The molecule has 4 heavy (non-hydrogen) atoms. The van der Waals surface area contributed by atoms with E-state index in [2.05, 4.69) is 0 Å². The summed E-state index contributed by atoms with van der Waals surface area (Å²) in [6, 6.07) is 0. The molecule has 0 nitrogen and oxygen atoms in total. The Morgan fingerprint density at radius 3 is 1.00 bits per heavy atom. The minimum absolute atomic E-state index is 0. The summed E-state index contributed by atoms with van der Waals surface area (Å²) in [5.41, 5.74) is 0. The molecular weight excluding hydrogens is 205 g/mol. The predicted octanol–water partition coefficient (Wildman–Crippen LogP) is -2.93. The van der Waals surface area contributed by atoms with Gasteiger partial charge in [-0.15, -0.1) is 0 Å². The van der Waals surface area contributed by atoms with Gasteiger partial charge in [0.1, 0.15) is 0 Å². The molecule has 0 aliphatic carbocycles. The first-order valence-corrected chi connectivity index (χ1v) is 0. The monoisotopic (exact) mass is 207 g/mol. The van der Waals surface area contributed by atoms with E-state index in [0.717, 1.165) is 0 Å². The van der Waals surface area contributed by atoms with Gasteiger partial charge in [-0.05, 0) is 0 Å². The molecule has 0 atom stereocenters. The second kappa shape index (κ2) is 18.3. The van der Waals surface area contributed by atoms with E-state index in [0.29, 0.717) is 0 Å². The Morgan fingerprint density at radius 2 is 1.00 bits per heavy atom. The molecule has 0 amide bonds. The van der Waals surface area contributed by atoms with Crippen molar-refractivity contribution in [3.63, 3.8) is 0 Å². The number of hydrogen-bond acceptors (Lipinski definition) is 0. The summed E-state index contributed by atoms with van der Waals surface area (Å²) in [7, 11) is 0. The molecular formula is CH3BrMgY. The summed E-state index contributed by atoms with van der Waals surface area (Å²) in [5.74, 6) is 0. The third-order valence-electron chi connectivity index (χ3n) is 0. The van der Waals surface area contributed by atoms with E-state index in [1.54, 1.807) is 0 Å². The molecule has 0 N–H and O–H groups in total. The predicted molar refractivity (Wildman–Crippen MR) is 12.2 cm³/mol. The molecule has 0 spiro atoms. The van der Waals surface area contributed by atoms with Crippen molar-refractivity contribution in [2.24, 2.45) is 0 Å². The first-order chi connectivity index (χ1) is 0. The van der Waals surface area contributed by atoms with Crippen molar-refractivity contribution in [2.75, 3.05) is 0 Å². The van der Waals surface area contributed by atoms with E-state index in [9.17, 15) is 0 Å². The van der Waals surface area contributed by atoms with Gasteiger partial charge >= 0.3 is 23.1 Å². The van der Waals surface area contributed by atoms with Crippen LogP contribution >= 0.6 is 0 Å². The molecule has 0 aromatic carbocycles. The smallest absolute Gasteiger partial charge is 1.00 e. The molecule has 0 unspecified atom stereocenters. The van der Waals surface area contributed by atoms with Crippen LogP contribution in [0.4, 0.5) is 0 Å². The van der Waals surface area contributed by atoms with Crippen molar-refractivity contribution in [1.29, 1.82) is 0 Å². The molecule has 0 rings (SSSR count). The molecule has 0 saturated carbocycles. The maximum absolute atomic E-state index is 0. The summed E-state index contributed by atoms with van der Waals surface area (Å²) < 4.78 is 0. The van der Waals surface area contributed by atoms with Crippen LogP contribution in [-0.2, 0) is 32.7 Å². The van der Waals surface area contributed by atoms with Crippen molar-refractivity contribution in [1.82, 2.24) is 0 Å². The maximum Gasteiger partial charge on any atom is 2.00 e. The zero-order valence-corrected chi connectivity index (χ0v) is 8.50. The molecule has 0 heterocycles. The second-order valence-corrected chi connectivity index (χ2v) is 0. The van der Waals surface area contributed by atoms with Gasteiger partial charge in [-0.1, -0.05) is 0 Å². The third kappa shape index (κ3) is 8.84. The van der Waals surface area contributed by atoms with Crippen LogP contribution in [0.2, 0.25) is 0 Å². The van der Waals surface area contributed by atoms with Crippen LogP contribution in [0.3, 0.4) is 0 Å². The summed E-state index contributed by atoms with van der Waals surface area (Å²) in [6.45, 7) is 0. The minimum Gasteiger partial charge on any atom is -1.00 e. The number of halogens is 1. The molecule has 0 aromatic rings. The summed E-state index contributed by atoms with van der Waals surface area (Å²) >= 11 is 0. The quantitative estimate of drug-likeness (QED) is 0.295. The van der Waals surface area contributed by atoms with Gasteiger partial charge in [0.15, 0.2) is 0 Å². The van der Waals surface area contributed by atoms with Crippen LogP contribution in [0.25, 0.3) is 0 Å². The van der Waals surface area contributed by atoms with Crippen molar-refractivity contribution in [3.05, 3.63) is 7.43 Å². The fourth-order valence-electron chi connectivity index (χ4n) is 0. The van der Waals surface area contributed by atoms with Gasteiger partial charge < -0.3 is 24.4 Å². The first kappa shape index (κ1) is 32.9. The van der Waals surface area contributed by atoms with Crippen LogP contribution in [0.1, 0.15) is 0 Å². The Kier molecular flexibility index (Phi) is 151. The van der Waals surface area contributed by atoms with Crippen molar-refractivity contribution >= 4 is 23.1 Å². The Balaban J connectivity index is 0. The normalized spacial score (nSPS) is 0. The van der Waals surface area contributed by atoms with Crippen LogP contribution in [-0.4, -0.2) is 23.1 Å². The SMILES string of the molecule is [Br-].[CH3-].[Mg+2].[Y]. The minimum atomic E-state index is 0. The van der Waals surface area contributed by atoms with Gasteiger partial charge in [0.2, 0.25) is 0 Å². The Bertz CT molecular complexity index is 8.00. The Hall–Kier alpha value is 2.35. The molecule has 1 radical (unpaired) electrons. The molecule has 0 aliphatic rings. The number of rotatable bonds is 0. The Morgan fingerprint density at radius 1 is 1.00 bits per heavy atom. The average Bonchev–Trinajstić information content (AvgIpc) is 0. The average molecular weight is 208 g/mol.